The van der Waals surface area contributed by atoms with Crippen LogP contribution in [0.2, 0.25) is 0 Å². The SMILES string of the molecule is COc1cc(N(C=O)C2N=CCS2)cc(OC)c1OC. The zero-order valence-electron chi connectivity index (χ0n) is 11.5. The van der Waals surface area contributed by atoms with Crippen molar-refractivity contribution >= 4 is 30.1 Å². The van der Waals surface area contributed by atoms with Crippen LogP contribution >= 0.6 is 11.8 Å². The molecule has 0 saturated carbocycles. The summed E-state index contributed by atoms with van der Waals surface area (Å²) in [6, 6.07) is 3.45. The Bertz CT molecular complexity index is 496. The van der Waals surface area contributed by atoms with Gasteiger partial charge in [0, 0.05) is 24.1 Å². The highest BCUT2D eigenvalue weighted by molar-refractivity contribution is 8.00. The maximum Gasteiger partial charge on any atom is 0.216 e. The molecule has 7 heteroatoms. The lowest BCUT2D eigenvalue weighted by atomic mass is 10.2. The summed E-state index contributed by atoms with van der Waals surface area (Å²) in [6.45, 7) is 0. The number of anilines is 1. The summed E-state index contributed by atoms with van der Waals surface area (Å²) in [5, 5.41) is 0. The number of carbonyl (C=O) groups is 1. The third kappa shape index (κ3) is 2.67. The van der Waals surface area contributed by atoms with Crippen molar-refractivity contribution in [1.29, 1.82) is 0 Å². The lowest BCUT2D eigenvalue weighted by Gasteiger charge is -2.23. The van der Waals surface area contributed by atoms with Gasteiger partial charge in [0.2, 0.25) is 12.2 Å². The number of ether oxygens (including phenoxy) is 3. The number of thioether (sulfide) groups is 1. The number of hydrogen-bond acceptors (Lipinski definition) is 6. The van der Waals surface area contributed by atoms with Crippen molar-refractivity contribution in [2.24, 2.45) is 4.99 Å². The Kier molecular flexibility index (Phi) is 4.73. The number of methoxy groups -OCH3 is 3. The Balaban J connectivity index is 2.44. The van der Waals surface area contributed by atoms with E-state index in [0.29, 0.717) is 22.9 Å². The number of carbonyl (C=O) groups excluding carboxylic acids is 1. The van der Waals surface area contributed by atoms with Gasteiger partial charge in [0.15, 0.2) is 17.0 Å². The second kappa shape index (κ2) is 6.51. The molecule has 0 spiro atoms. The molecular weight excluding hydrogens is 280 g/mol. The maximum absolute atomic E-state index is 11.4. The molecule has 0 radical (unpaired) electrons. The summed E-state index contributed by atoms with van der Waals surface area (Å²) in [7, 11) is 4.61. The molecule has 2 rings (SSSR count). The van der Waals surface area contributed by atoms with Crippen molar-refractivity contribution in [3.8, 4) is 17.2 Å². The van der Waals surface area contributed by atoms with Gasteiger partial charge in [-0.25, -0.2) is 0 Å². The highest BCUT2D eigenvalue weighted by Gasteiger charge is 2.23. The molecule has 1 heterocycles. The van der Waals surface area contributed by atoms with Gasteiger partial charge in [-0.05, 0) is 0 Å². The first-order valence-electron chi connectivity index (χ1n) is 5.92. The average Bonchev–Trinajstić information content (AvgIpc) is 3.00. The molecule has 0 bridgehead atoms. The fraction of sp³-hybridized carbons (Fsp3) is 0.385. The third-order valence-corrected chi connectivity index (χ3v) is 3.84. The molecule has 0 N–H and O–H groups in total. The normalized spacial score (nSPS) is 16.9. The summed E-state index contributed by atoms with van der Waals surface area (Å²) in [4.78, 5) is 17.2. The molecule has 1 atom stereocenters. The second-order valence-electron chi connectivity index (χ2n) is 3.89. The minimum atomic E-state index is -0.254. The summed E-state index contributed by atoms with van der Waals surface area (Å²) >= 11 is 1.57. The number of rotatable bonds is 6. The van der Waals surface area contributed by atoms with E-state index in [2.05, 4.69) is 4.99 Å². The average molecular weight is 296 g/mol. The number of amides is 1. The fourth-order valence-corrected chi connectivity index (χ4v) is 2.76. The van der Waals surface area contributed by atoms with E-state index in [9.17, 15) is 4.79 Å². The lowest BCUT2D eigenvalue weighted by Crippen LogP contribution is -2.28. The van der Waals surface area contributed by atoms with Gasteiger partial charge in [-0.1, -0.05) is 0 Å². The van der Waals surface area contributed by atoms with Gasteiger partial charge in [-0.2, -0.15) is 0 Å². The molecule has 108 valence electrons. The van der Waals surface area contributed by atoms with Crippen LogP contribution in [0.25, 0.3) is 0 Å². The van der Waals surface area contributed by atoms with Crippen LogP contribution in [0.3, 0.4) is 0 Å². The molecule has 6 nitrogen and oxygen atoms in total. The topological polar surface area (TPSA) is 60.4 Å². The maximum atomic E-state index is 11.4. The van der Waals surface area contributed by atoms with Gasteiger partial charge in [0.25, 0.3) is 0 Å². The first kappa shape index (κ1) is 14.5. The Morgan fingerprint density at radius 2 is 1.90 bits per heavy atom. The molecule has 1 aliphatic rings. The first-order valence-corrected chi connectivity index (χ1v) is 6.97. The Morgan fingerprint density at radius 3 is 2.30 bits per heavy atom. The van der Waals surface area contributed by atoms with Gasteiger partial charge in [0.05, 0.1) is 27.0 Å². The fourth-order valence-electron chi connectivity index (χ4n) is 1.91. The molecule has 0 fully saturated rings. The summed E-state index contributed by atoms with van der Waals surface area (Å²) in [5.41, 5.74) is 0.390. The van der Waals surface area contributed by atoms with Crippen molar-refractivity contribution in [3.05, 3.63) is 12.1 Å². The van der Waals surface area contributed by atoms with E-state index in [1.807, 2.05) is 0 Å². The van der Waals surface area contributed by atoms with E-state index in [1.54, 1.807) is 30.1 Å². The standard InChI is InChI=1S/C13H16N2O4S/c1-17-10-6-9(7-11(18-2)12(10)19-3)15(8-16)13-14-4-5-20-13/h4,6-8,13H,5H2,1-3H3. The predicted molar refractivity (Wildman–Crippen MR) is 79.4 cm³/mol. The molecule has 1 aromatic rings. The van der Waals surface area contributed by atoms with Crippen molar-refractivity contribution in [2.45, 2.75) is 5.50 Å². The largest absolute Gasteiger partial charge is 0.493 e. The molecular formula is C13H16N2O4S. The number of benzene rings is 1. The molecule has 1 unspecified atom stereocenters. The monoisotopic (exact) mass is 296 g/mol. The molecule has 20 heavy (non-hydrogen) atoms. The number of hydrogen-bond donors (Lipinski definition) is 0. The minimum absolute atomic E-state index is 0.254. The van der Waals surface area contributed by atoms with Crippen molar-refractivity contribution in [1.82, 2.24) is 0 Å². The van der Waals surface area contributed by atoms with Gasteiger partial charge < -0.3 is 14.2 Å². The molecule has 1 aromatic carbocycles. The smallest absolute Gasteiger partial charge is 0.216 e. The van der Waals surface area contributed by atoms with Crippen molar-refractivity contribution in [2.75, 3.05) is 32.0 Å². The molecule has 0 aromatic heterocycles. The van der Waals surface area contributed by atoms with Gasteiger partial charge >= 0.3 is 0 Å². The highest BCUT2D eigenvalue weighted by Crippen LogP contribution is 2.42. The summed E-state index contributed by atoms with van der Waals surface area (Å²) in [6.07, 6.45) is 2.55. The van der Waals surface area contributed by atoms with Crippen LogP contribution in [0.4, 0.5) is 5.69 Å². The lowest BCUT2D eigenvalue weighted by molar-refractivity contribution is -0.107. The Labute approximate surface area is 121 Å². The van der Waals surface area contributed by atoms with Crippen LogP contribution in [0.1, 0.15) is 0 Å². The van der Waals surface area contributed by atoms with Crippen LogP contribution in [-0.4, -0.2) is 45.2 Å². The predicted octanol–water partition coefficient (Wildman–Crippen LogP) is 1.78. The van der Waals surface area contributed by atoms with E-state index in [0.717, 1.165) is 12.2 Å². The van der Waals surface area contributed by atoms with Crippen LogP contribution < -0.4 is 19.1 Å². The first-order chi connectivity index (χ1) is 9.74. The van der Waals surface area contributed by atoms with Gasteiger partial charge in [0.1, 0.15) is 0 Å². The van der Waals surface area contributed by atoms with Gasteiger partial charge in [-0.3, -0.25) is 14.7 Å². The Hall–Kier alpha value is -1.89. The Morgan fingerprint density at radius 1 is 1.25 bits per heavy atom. The zero-order chi connectivity index (χ0) is 14.5. The van der Waals surface area contributed by atoms with Crippen LogP contribution in [0.15, 0.2) is 17.1 Å². The highest BCUT2D eigenvalue weighted by atomic mass is 32.2. The third-order valence-electron chi connectivity index (χ3n) is 2.85. The minimum Gasteiger partial charge on any atom is -0.493 e. The molecule has 0 aliphatic carbocycles. The van der Waals surface area contributed by atoms with Crippen LogP contribution in [0, 0.1) is 0 Å². The van der Waals surface area contributed by atoms with E-state index in [1.165, 1.54) is 26.2 Å². The van der Waals surface area contributed by atoms with E-state index in [4.69, 9.17) is 14.2 Å². The molecule has 1 aliphatic heterocycles. The zero-order valence-corrected chi connectivity index (χ0v) is 12.3. The van der Waals surface area contributed by atoms with E-state index < -0.39 is 0 Å². The number of aliphatic imine (C=N–C) groups is 1. The molecule has 0 saturated heterocycles. The van der Waals surface area contributed by atoms with Crippen LogP contribution in [0.5, 0.6) is 17.2 Å². The van der Waals surface area contributed by atoms with E-state index in [-0.39, 0.29) is 5.50 Å². The second-order valence-corrected chi connectivity index (χ2v) is 4.98. The summed E-state index contributed by atoms with van der Waals surface area (Å²) < 4.78 is 15.8. The van der Waals surface area contributed by atoms with Gasteiger partial charge in [-0.15, -0.1) is 11.8 Å². The van der Waals surface area contributed by atoms with E-state index >= 15 is 0 Å². The van der Waals surface area contributed by atoms with Crippen molar-refractivity contribution < 1.29 is 19.0 Å². The van der Waals surface area contributed by atoms with Crippen LogP contribution in [-0.2, 0) is 4.79 Å². The summed E-state index contributed by atoms with van der Waals surface area (Å²) in [5.74, 6) is 2.29. The quantitative estimate of drug-likeness (QED) is 0.749. The van der Waals surface area contributed by atoms with Crippen molar-refractivity contribution in [3.63, 3.8) is 0 Å². The number of nitrogens with zero attached hydrogens (tertiary/aromatic N) is 2. The molecule has 1 amide bonds.